The molecule has 0 aliphatic carbocycles. The van der Waals surface area contributed by atoms with Gasteiger partial charge in [0.15, 0.2) is 0 Å². The van der Waals surface area contributed by atoms with Crippen LogP contribution in [0.1, 0.15) is 24.2 Å². The summed E-state index contributed by atoms with van der Waals surface area (Å²) < 4.78 is 33.5. The number of benzene rings is 2. The molecule has 1 aromatic heterocycles. The van der Waals surface area contributed by atoms with E-state index in [0.29, 0.717) is 35.4 Å². The normalized spacial score (nSPS) is 19.7. The molecule has 158 valence electrons. The minimum atomic E-state index is -3.86. The fourth-order valence-corrected chi connectivity index (χ4v) is 4.68. The van der Waals surface area contributed by atoms with Gasteiger partial charge >= 0.3 is 5.69 Å². The highest BCUT2D eigenvalue weighted by Crippen LogP contribution is 2.20. The van der Waals surface area contributed by atoms with Crippen LogP contribution in [0.2, 0.25) is 0 Å². The quantitative estimate of drug-likeness (QED) is 0.583. The van der Waals surface area contributed by atoms with Crippen molar-refractivity contribution in [2.24, 2.45) is 0 Å². The van der Waals surface area contributed by atoms with Crippen LogP contribution in [0, 0.1) is 0 Å². The number of hydrogen-bond donors (Lipinski definition) is 3. The van der Waals surface area contributed by atoms with Gasteiger partial charge in [0, 0.05) is 24.3 Å². The van der Waals surface area contributed by atoms with Gasteiger partial charge in [0.1, 0.15) is 0 Å². The molecule has 1 amide bonds. The van der Waals surface area contributed by atoms with Gasteiger partial charge in [-0.2, -0.15) is 0 Å². The van der Waals surface area contributed by atoms with E-state index in [1.54, 1.807) is 29.2 Å². The fourth-order valence-electron chi connectivity index (χ4n) is 3.60. The maximum atomic E-state index is 12.7. The molecule has 1 aliphatic rings. The Labute approximate surface area is 173 Å². The molecular formula is C20H22N4O5S. The number of nitrogens with one attached hydrogen (secondary N) is 3. The largest absolute Gasteiger partial charge is 0.372 e. The summed E-state index contributed by atoms with van der Waals surface area (Å²) in [6.07, 6.45) is -0.0628. The lowest BCUT2D eigenvalue weighted by molar-refractivity contribution is -0.0586. The van der Waals surface area contributed by atoms with Crippen LogP contribution in [-0.2, 0) is 14.8 Å². The van der Waals surface area contributed by atoms with Gasteiger partial charge in [-0.05, 0) is 56.3 Å². The van der Waals surface area contributed by atoms with Crippen molar-refractivity contribution in [1.82, 2.24) is 14.9 Å². The van der Waals surface area contributed by atoms with Crippen LogP contribution < -0.4 is 10.4 Å². The summed E-state index contributed by atoms with van der Waals surface area (Å²) >= 11 is 0. The number of carbonyl (C=O) groups is 1. The van der Waals surface area contributed by atoms with Crippen LogP contribution in [0.3, 0.4) is 0 Å². The van der Waals surface area contributed by atoms with E-state index in [2.05, 4.69) is 14.7 Å². The number of amides is 1. The van der Waals surface area contributed by atoms with E-state index in [0.717, 1.165) is 0 Å². The maximum Gasteiger partial charge on any atom is 0.323 e. The Bertz CT molecular complexity index is 1240. The minimum Gasteiger partial charge on any atom is -0.372 e. The lowest BCUT2D eigenvalue weighted by atomic mass is 10.1. The van der Waals surface area contributed by atoms with E-state index in [4.69, 9.17) is 4.74 Å². The van der Waals surface area contributed by atoms with Crippen molar-refractivity contribution in [2.75, 3.05) is 17.8 Å². The van der Waals surface area contributed by atoms with Crippen LogP contribution in [-0.4, -0.2) is 54.5 Å². The Balaban J connectivity index is 1.50. The lowest BCUT2D eigenvalue weighted by Crippen LogP contribution is -2.48. The van der Waals surface area contributed by atoms with Crippen LogP contribution >= 0.6 is 0 Å². The van der Waals surface area contributed by atoms with Crippen molar-refractivity contribution >= 4 is 32.7 Å². The summed E-state index contributed by atoms with van der Waals surface area (Å²) in [5, 5.41) is 0. The fraction of sp³-hybridized carbons (Fsp3) is 0.300. The van der Waals surface area contributed by atoms with Gasteiger partial charge < -0.3 is 19.6 Å². The van der Waals surface area contributed by atoms with Gasteiger partial charge in [-0.1, -0.05) is 0 Å². The van der Waals surface area contributed by atoms with Crippen molar-refractivity contribution in [3.05, 3.63) is 58.5 Å². The summed E-state index contributed by atoms with van der Waals surface area (Å²) in [5.41, 5.74) is 1.33. The summed E-state index contributed by atoms with van der Waals surface area (Å²) in [7, 11) is -3.86. The first-order valence-corrected chi connectivity index (χ1v) is 11.0. The van der Waals surface area contributed by atoms with Gasteiger partial charge in [-0.25, -0.2) is 13.2 Å². The predicted molar refractivity (Wildman–Crippen MR) is 112 cm³/mol. The highest BCUT2D eigenvalue weighted by atomic mass is 32.2. The molecule has 2 heterocycles. The van der Waals surface area contributed by atoms with Crippen molar-refractivity contribution in [3.8, 4) is 0 Å². The number of imidazole rings is 1. The van der Waals surface area contributed by atoms with Gasteiger partial charge in [-0.3, -0.25) is 9.52 Å². The molecule has 4 rings (SSSR count). The van der Waals surface area contributed by atoms with Crippen molar-refractivity contribution in [1.29, 1.82) is 0 Å². The number of ether oxygens (including phenoxy) is 1. The van der Waals surface area contributed by atoms with E-state index in [-0.39, 0.29) is 23.0 Å². The third-order valence-electron chi connectivity index (χ3n) is 4.89. The molecule has 30 heavy (non-hydrogen) atoms. The van der Waals surface area contributed by atoms with E-state index in [1.165, 1.54) is 18.2 Å². The number of nitrogens with zero attached hydrogens (tertiary/aromatic N) is 1. The Morgan fingerprint density at radius 1 is 1.03 bits per heavy atom. The molecule has 9 nitrogen and oxygen atoms in total. The molecular weight excluding hydrogens is 408 g/mol. The summed E-state index contributed by atoms with van der Waals surface area (Å²) in [5.74, 6) is -0.117. The second-order valence-corrected chi connectivity index (χ2v) is 9.12. The van der Waals surface area contributed by atoms with Gasteiger partial charge in [0.25, 0.3) is 15.9 Å². The molecule has 0 spiro atoms. The second kappa shape index (κ2) is 7.62. The minimum absolute atomic E-state index is 0.0155. The second-order valence-electron chi connectivity index (χ2n) is 7.44. The smallest absolute Gasteiger partial charge is 0.323 e. The number of aromatic nitrogens is 2. The van der Waals surface area contributed by atoms with Crippen LogP contribution in [0.5, 0.6) is 0 Å². The van der Waals surface area contributed by atoms with Gasteiger partial charge in [-0.15, -0.1) is 0 Å². The molecule has 1 fully saturated rings. The topological polar surface area (TPSA) is 124 Å². The van der Waals surface area contributed by atoms with E-state index >= 15 is 0 Å². The van der Waals surface area contributed by atoms with Crippen molar-refractivity contribution < 1.29 is 17.9 Å². The Morgan fingerprint density at radius 2 is 1.67 bits per heavy atom. The summed E-state index contributed by atoms with van der Waals surface area (Å²) in [6, 6.07) is 10.6. The molecule has 0 unspecified atom stereocenters. The summed E-state index contributed by atoms with van der Waals surface area (Å²) in [6.45, 7) is 4.88. The first kappa shape index (κ1) is 20.2. The molecule has 1 saturated heterocycles. The van der Waals surface area contributed by atoms with Crippen LogP contribution in [0.4, 0.5) is 5.69 Å². The number of rotatable bonds is 4. The molecule has 2 atom stereocenters. The summed E-state index contributed by atoms with van der Waals surface area (Å²) in [4.78, 5) is 31.0. The zero-order valence-corrected chi connectivity index (χ0v) is 17.3. The Hall–Kier alpha value is -3.11. The molecule has 10 heteroatoms. The Kier molecular flexibility index (Phi) is 5.12. The molecule has 2 aromatic carbocycles. The highest BCUT2D eigenvalue weighted by Gasteiger charge is 2.26. The van der Waals surface area contributed by atoms with E-state index < -0.39 is 15.7 Å². The number of fused-ring (bicyclic) bond motifs is 1. The van der Waals surface area contributed by atoms with Crippen LogP contribution in [0.25, 0.3) is 11.0 Å². The Morgan fingerprint density at radius 3 is 2.33 bits per heavy atom. The van der Waals surface area contributed by atoms with Crippen molar-refractivity contribution in [3.63, 3.8) is 0 Å². The zero-order chi connectivity index (χ0) is 21.5. The van der Waals surface area contributed by atoms with Gasteiger partial charge in [0.05, 0.1) is 28.1 Å². The zero-order valence-electron chi connectivity index (χ0n) is 16.5. The monoisotopic (exact) mass is 430 g/mol. The number of anilines is 1. The first-order chi connectivity index (χ1) is 14.2. The predicted octanol–water partition coefficient (Wildman–Crippen LogP) is 1.91. The number of carbonyl (C=O) groups excluding carboxylic acids is 1. The number of hydrogen-bond acceptors (Lipinski definition) is 5. The lowest BCUT2D eigenvalue weighted by Gasteiger charge is -2.35. The maximum absolute atomic E-state index is 12.7. The SMILES string of the molecule is C[C@@H]1CN(C(=O)c2ccc(NS(=O)(=O)c3ccc4[nH]c(=O)[nH]c4c3)cc2)C[C@@H](C)O1. The van der Waals surface area contributed by atoms with E-state index in [9.17, 15) is 18.0 Å². The molecule has 0 saturated carbocycles. The number of H-pyrrole nitrogens is 2. The average molecular weight is 430 g/mol. The third kappa shape index (κ3) is 4.10. The molecule has 0 bridgehead atoms. The molecule has 1 aliphatic heterocycles. The van der Waals surface area contributed by atoms with Gasteiger partial charge in [0.2, 0.25) is 0 Å². The number of aromatic amines is 2. The standard InChI is InChI=1S/C20H22N4O5S/c1-12-10-24(11-13(2)29-12)19(25)14-3-5-15(6-4-14)23-30(27,28)16-7-8-17-18(9-16)22-20(26)21-17/h3-9,12-13,23H,10-11H2,1-2H3,(H2,21,22,26)/t12-,13-/m1/s1. The third-order valence-corrected chi connectivity index (χ3v) is 6.27. The molecule has 3 aromatic rings. The number of morpholine rings is 1. The number of sulfonamides is 1. The highest BCUT2D eigenvalue weighted by molar-refractivity contribution is 7.92. The molecule has 3 N–H and O–H groups in total. The van der Waals surface area contributed by atoms with Crippen molar-refractivity contribution in [2.45, 2.75) is 31.0 Å². The van der Waals surface area contributed by atoms with Crippen LogP contribution in [0.15, 0.2) is 52.2 Å². The molecule has 0 radical (unpaired) electrons. The van der Waals surface area contributed by atoms with E-state index in [1.807, 2.05) is 13.8 Å². The first-order valence-electron chi connectivity index (χ1n) is 9.51. The average Bonchev–Trinajstić information content (AvgIpc) is 3.06.